The van der Waals surface area contributed by atoms with E-state index in [1.54, 1.807) is 6.20 Å². The van der Waals surface area contributed by atoms with Crippen molar-refractivity contribution in [1.29, 1.82) is 0 Å². The van der Waals surface area contributed by atoms with E-state index in [2.05, 4.69) is 27.5 Å². The average Bonchev–Trinajstić information content (AvgIpc) is 2.60. The SMILES string of the molecule is CCNC(=NCc1ccccn1)NC1CCCC(S(=O)CC)C1. The molecule has 1 aromatic heterocycles. The third-order valence-electron chi connectivity index (χ3n) is 4.09. The maximum absolute atomic E-state index is 12.1. The topological polar surface area (TPSA) is 66.4 Å². The summed E-state index contributed by atoms with van der Waals surface area (Å²) in [6, 6.07) is 6.22. The summed E-state index contributed by atoms with van der Waals surface area (Å²) in [5.41, 5.74) is 0.957. The van der Waals surface area contributed by atoms with Crippen LogP contribution in [-0.4, -0.2) is 38.7 Å². The molecule has 1 saturated carbocycles. The minimum absolute atomic E-state index is 0.324. The zero-order valence-electron chi connectivity index (χ0n) is 14.1. The predicted molar refractivity (Wildman–Crippen MR) is 96.9 cm³/mol. The first kappa shape index (κ1) is 17.9. The second-order valence-corrected chi connectivity index (χ2v) is 7.82. The Balaban J connectivity index is 1.94. The minimum Gasteiger partial charge on any atom is -0.357 e. The van der Waals surface area contributed by atoms with Crippen LogP contribution >= 0.6 is 0 Å². The molecule has 0 aromatic carbocycles. The first-order chi connectivity index (χ1) is 11.2. The number of guanidine groups is 1. The van der Waals surface area contributed by atoms with E-state index in [4.69, 9.17) is 0 Å². The van der Waals surface area contributed by atoms with Crippen LogP contribution in [0, 0.1) is 0 Å². The normalized spacial score (nSPS) is 23.3. The molecule has 3 atom stereocenters. The van der Waals surface area contributed by atoms with Crippen LogP contribution in [0.1, 0.15) is 45.2 Å². The number of nitrogens with one attached hydrogen (secondary N) is 2. The lowest BCUT2D eigenvalue weighted by Crippen LogP contribution is -2.46. The molecule has 2 rings (SSSR count). The van der Waals surface area contributed by atoms with Gasteiger partial charge in [0.05, 0.1) is 12.2 Å². The number of hydrogen-bond acceptors (Lipinski definition) is 3. The third kappa shape index (κ3) is 5.94. The minimum atomic E-state index is -0.696. The Hall–Kier alpha value is -1.43. The smallest absolute Gasteiger partial charge is 0.191 e. The molecule has 0 amide bonds. The van der Waals surface area contributed by atoms with E-state index in [0.717, 1.165) is 49.6 Å². The van der Waals surface area contributed by atoms with E-state index < -0.39 is 10.8 Å². The van der Waals surface area contributed by atoms with E-state index in [1.165, 1.54) is 0 Å². The molecule has 0 spiro atoms. The van der Waals surface area contributed by atoms with Crippen LogP contribution in [0.25, 0.3) is 0 Å². The van der Waals surface area contributed by atoms with Gasteiger partial charge in [0.2, 0.25) is 0 Å². The van der Waals surface area contributed by atoms with Gasteiger partial charge in [-0.1, -0.05) is 19.4 Å². The summed E-state index contributed by atoms with van der Waals surface area (Å²) >= 11 is 0. The highest BCUT2D eigenvalue weighted by molar-refractivity contribution is 7.85. The third-order valence-corrected chi connectivity index (χ3v) is 5.83. The molecule has 0 bridgehead atoms. The summed E-state index contributed by atoms with van der Waals surface area (Å²) in [5, 5.41) is 7.13. The number of rotatable bonds is 6. The van der Waals surface area contributed by atoms with Gasteiger partial charge >= 0.3 is 0 Å². The van der Waals surface area contributed by atoms with E-state index in [0.29, 0.717) is 17.8 Å². The second kappa shape index (κ2) is 9.65. The first-order valence-corrected chi connectivity index (χ1v) is 9.93. The van der Waals surface area contributed by atoms with Gasteiger partial charge in [-0.3, -0.25) is 9.19 Å². The molecule has 23 heavy (non-hydrogen) atoms. The summed E-state index contributed by atoms with van der Waals surface area (Å²) in [6.45, 7) is 5.46. The van der Waals surface area contributed by atoms with Gasteiger partial charge in [-0.05, 0) is 38.3 Å². The lowest BCUT2D eigenvalue weighted by molar-refractivity contribution is 0.413. The van der Waals surface area contributed by atoms with Crippen molar-refractivity contribution in [2.45, 2.75) is 57.4 Å². The summed E-state index contributed by atoms with van der Waals surface area (Å²) in [7, 11) is -0.696. The first-order valence-electron chi connectivity index (χ1n) is 8.54. The molecule has 1 fully saturated rings. The van der Waals surface area contributed by atoms with Crippen molar-refractivity contribution >= 4 is 16.8 Å². The summed E-state index contributed by atoms with van der Waals surface area (Å²) < 4.78 is 12.1. The van der Waals surface area contributed by atoms with Crippen molar-refractivity contribution in [3.8, 4) is 0 Å². The fourth-order valence-corrected chi connectivity index (χ4v) is 4.26. The van der Waals surface area contributed by atoms with Gasteiger partial charge in [0.15, 0.2) is 5.96 Å². The maximum Gasteiger partial charge on any atom is 0.191 e. The Bertz CT molecular complexity index is 521. The van der Waals surface area contributed by atoms with Gasteiger partial charge < -0.3 is 10.6 Å². The number of aromatic nitrogens is 1. The lowest BCUT2D eigenvalue weighted by atomic mass is 9.95. The number of nitrogens with zero attached hydrogens (tertiary/aromatic N) is 2. The standard InChI is InChI=1S/C17H28N4OS/c1-3-18-17(20-13-15-8-5-6-11-19-15)21-14-9-7-10-16(12-14)23(22)4-2/h5-6,8,11,14,16H,3-4,7,9-10,12-13H2,1-2H3,(H2,18,20,21). The van der Waals surface area contributed by atoms with Crippen molar-refractivity contribution < 1.29 is 4.21 Å². The molecule has 1 heterocycles. The Labute approximate surface area is 141 Å². The Morgan fingerprint density at radius 1 is 1.39 bits per heavy atom. The molecule has 0 saturated heterocycles. The monoisotopic (exact) mass is 336 g/mol. The van der Waals surface area contributed by atoms with Gasteiger partial charge in [-0.25, -0.2) is 4.99 Å². The Kier molecular flexibility index (Phi) is 7.52. The number of hydrogen-bond donors (Lipinski definition) is 2. The molecule has 128 valence electrons. The summed E-state index contributed by atoms with van der Waals surface area (Å²) in [5.74, 6) is 1.58. The molecule has 1 aromatic rings. The Morgan fingerprint density at radius 2 is 2.26 bits per heavy atom. The van der Waals surface area contributed by atoms with Crippen LogP contribution < -0.4 is 10.6 Å². The van der Waals surface area contributed by atoms with Gasteiger partial charge in [0.25, 0.3) is 0 Å². The average molecular weight is 337 g/mol. The Morgan fingerprint density at radius 3 is 2.96 bits per heavy atom. The van der Waals surface area contributed by atoms with Crippen LogP contribution in [0.5, 0.6) is 0 Å². The van der Waals surface area contributed by atoms with Gasteiger partial charge in [-0.15, -0.1) is 0 Å². The highest BCUT2D eigenvalue weighted by Gasteiger charge is 2.25. The molecule has 1 aliphatic rings. The number of pyridine rings is 1. The van der Waals surface area contributed by atoms with Crippen LogP contribution in [-0.2, 0) is 17.3 Å². The fraction of sp³-hybridized carbons (Fsp3) is 0.647. The lowest BCUT2D eigenvalue weighted by Gasteiger charge is -2.30. The second-order valence-electron chi connectivity index (χ2n) is 5.82. The van der Waals surface area contributed by atoms with Crippen molar-refractivity contribution in [2.75, 3.05) is 12.3 Å². The van der Waals surface area contributed by atoms with E-state index >= 15 is 0 Å². The molecular weight excluding hydrogens is 308 g/mol. The molecule has 5 nitrogen and oxygen atoms in total. The zero-order valence-corrected chi connectivity index (χ0v) is 14.9. The van der Waals surface area contributed by atoms with Crippen LogP contribution in [0.15, 0.2) is 29.4 Å². The fourth-order valence-electron chi connectivity index (χ4n) is 2.92. The zero-order chi connectivity index (χ0) is 16.5. The predicted octanol–water partition coefficient (Wildman–Crippen LogP) is 2.22. The largest absolute Gasteiger partial charge is 0.357 e. The van der Waals surface area contributed by atoms with E-state index in [9.17, 15) is 4.21 Å². The molecule has 0 aliphatic heterocycles. The quantitative estimate of drug-likeness (QED) is 0.617. The molecule has 6 heteroatoms. The summed E-state index contributed by atoms with van der Waals surface area (Å²) in [6.07, 6.45) is 6.09. The van der Waals surface area contributed by atoms with Crippen molar-refractivity contribution in [2.24, 2.45) is 4.99 Å². The molecular formula is C17H28N4OS. The van der Waals surface area contributed by atoms with E-state index in [1.807, 2.05) is 25.1 Å². The van der Waals surface area contributed by atoms with E-state index in [-0.39, 0.29) is 0 Å². The maximum atomic E-state index is 12.1. The highest BCUT2D eigenvalue weighted by Crippen LogP contribution is 2.22. The molecule has 1 aliphatic carbocycles. The number of aliphatic imine (C=N–C) groups is 1. The summed E-state index contributed by atoms with van der Waals surface area (Å²) in [4.78, 5) is 8.93. The van der Waals surface area contributed by atoms with Gasteiger partial charge in [0, 0.05) is 40.6 Å². The molecule has 0 radical (unpaired) electrons. The van der Waals surface area contributed by atoms with Gasteiger partial charge in [-0.2, -0.15) is 0 Å². The van der Waals surface area contributed by atoms with Crippen molar-refractivity contribution in [3.63, 3.8) is 0 Å². The van der Waals surface area contributed by atoms with Crippen molar-refractivity contribution in [3.05, 3.63) is 30.1 Å². The highest BCUT2D eigenvalue weighted by atomic mass is 32.2. The van der Waals surface area contributed by atoms with Crippen LogP contribution in [0.2, 0.25) is 0 Å². The molecule has 2 N–H and O–H groups in total. The van der Waals surface area contributed by atoms with Crippen molar-refractivity contribution in [1.82, 2.24) is 15.6 Å². The van der Waals surface area contributed by atoms with Gasteiger partial charge in [0.1, 0.15) is 0 Å². The molecule has 3 unspecified atom stereocenters. The van der Waals surface area contributed by atoms with Crippen LogP contribution in [0.3, 0.4) is 0 Å². The van der Waals surface area contributed by atoms with Crippen LogP contribution in [0.4, 0.5) is 0 Å².